The summed E-state index contributed by atoms with van der Waals surface area (Å²) in [7, 11) is 0. The minimum absolute atomic E-state index is 0.652. The zero-order chi connectivity index (χ0) is 9.68. The zero-order valence-corrected chi connectivity index (χ0v) is 9.01. The topological polar surface area (TPSA) is 50.9 Å². The summed E-state index contributed by atoms with van der Waals surface area (Å²) >= 11 is 3.29. The van der Waals surface area contributed by atoms with Crippen LogP contribution in [-0.4, -0.2) is 11.5 Å². The van der Waals surface area contributed by atoms with Gasteiger partial charge in [-0.1, -0.05) is 12.2 Å². The van der Waals surface area contributed by atoms with Crippen LogP contribution in [0.5, 0.6) is 0 Å². The lowest BCUT2D eigenvalue weighted by molar-refractivity contribution is 1.22. The molecule has 70 valence electrons. The van der Waals surface area contributed by atoms with Gasteiger partial charge in [-0.3, -0.25) is 0 Å². The molecule has 0 aliphatic carbocycles. The highest BCUT2D eigenvalue weighted by molar-refractivity contribution is 9.10. The maximum Gasteiger partial charge on any atom is 0.149 e. The monoisotopic (exact) mass is 241 g/mol. The standard InChI is InChI=1S/C9H12BrN3/c1-2-3-4-12-9-8(11)5-7(10)6-13-9/h2-3,5-6H,4,11H2,1H3,(H,12,13)/b3-2+. The van der Waals surface area contributed by atoms with Crippen molar-refractivity contribution < 1.29 is 0 Å². The molecule has 0 fully saturated rings. The van der Waals surface area contributed by atoms with Gasteiger partial charge in [-0.25, -0.2) is 4.98 Å². The van der Waals surface area contributed by atoms with E-state index in [0.29, 0.717) is 5.69 Å². The van der Waals surface area contributed by atoms with Crippen LogP contribution in [0, 0.1) is 0 Å². The molecule has 0 aromatic carbocycles. The normalized spacial score (nSPS) is 10.6. The van der Waals surface area contributed by atoms with E-state index >= 15 is 0 Å². The van der Waals surface area contributed by atoms with Gasteiger partial charge in [0.15, 0.2) is 0 Å². The van der Waals surface area contributed by atoms with Crippen LogP contribution in [0.2, 0.25) is 0 Å². The molecule has 3 nitrogen and oxygen atoms in total. The average molecular weight is 242 g/mol. The third-order valence-electron chi connectivity index (χ3n) is 1.51. The fraction of sp³-hybridized carbons (Fsp3) is 0.222. The first-order valence-corrected chi connectivity index (χ1v) is 4.79. The highest BCUT2D eigenvalue weighted by Gasteiger charge is 1.98. The Kier molecular flexibility index (Phi) is 3.76. The third-order valence-corrected chi connectivity index (χ3v) is 1.94. The number of nitrogen functional groups attached to an aromatic ring is 1. The van der Waals surface area contributed by atoms with Crippen molar-refractivity contribution in [2.24, 2.45) is 0 Å². The third kappa shape index (κ3) is 3.06. The first-order chi connectivity index (χ1) is 6.24. The lowest BCUT2D eigenvalue weighted by Gasteiger charge is -2.05. The van der Waals surface area contributed by atoms with Crippen molar-refractivity contribution in [1.29, 1.82) is 0 Å². The molecule has 0 aliphatic heterocycles. The van der Waals surface area contributed by atoms with Gasteiger partial charge in [0.1, 0.15) is 5.82 Å². The molecule has 1 rings (SSSR count). The number of anilines is 2. The zero-order valence-electron chi connectivity index (χ0n) is 7.42. The number of hydrogen-bond acceptors (Lipinski definition) is 3. The molecule has 0 aliphatic rings. The van der Waals surface area contributed by atoms with E-state index < -0.39 is 0 Å². The summed E-state index contributed by atoms with van der Waals surface area (Å²) in [4.78, 5) is 4.13. The minimum Gasteiger partial charge on any atom is -0.396 e. The summed E-state index contributed by atoms with van der Waals surface area (Å²) < 4.78 is 0.890. The molecule has 1 aromatic heterocycles. The maximum absolute atomic E-state index is 5.72. The first-order valence-electron chi connectivity index (χ1n) is 4.00. The Morgan fingerprint density at radius 3 is 3.08 bits per heavy atom. The Bertz CT molecular complexity index is 310. The molecule has 0 saturated carbocycles. The second kappa shape index (κ2) is 4.87. The first kappa shape index (κ1) is 10.1. The molecular weight excluding hydrogens is 230 g/mol. The number of pyridine rings is 1. The van der Waals surface area contributed by atoms with Gasteiger partial charge >= 0.3 is 0 Å². The van der Waals surface area contributed by atoms with Crippen LogP contribution < -0.4 is 11.1 Å². The Morgan fingerprint density at radius 2 is 2.46 bits per heavy atom. The summed E-state index contributed by atoms with van der Waals surface area (Å²) in [5.41, 5.74) is 6.38. The largest absolute Gasteiger partial charge is 0.396 e. The van der Waals surface area contributed by atoms with Crippen LogP contribution in [0.3, 0.4) is 0 Å². The van der Waals surface area contributed by atoms with E-state index in [9.17, 15) is 0 Å². The Hall–Kier alpha value is -1.03. The Labute approximate surface area is 86.2 Å². The molecule has 0 spiro atoms. The van der Waals surface area contributed by atoms with Gasteiger partial charge in [0.25, 0.3) is 0 Å². The lowest BCUT2D eigenvalue weighted by Crippen LogP contribution is -2.03. The molecule has 1 heterocycles. The molecule has 3 N–H and O–H groups in total. The number of hydrogen-bond donors (Lipinski definition) is 2. The van der Waals surface area contributed by atoms with E-state index in [1.54, 1.807) is 6.20 Å². The van der Waals surface area contributed by atoms with Crippen molar-refractivity contribution in [3.8, 4) is 0 Å². The number of aromatic nitrogens is 1. The second-order valence-corrected chi connectivity index (χ2v) is 3.46. The molecule has 0 bridgehead atoms. The van der Waals surface area contributed by atoms with Gasteiger partial charge < -0.3 is 11.1 Å². The predicted molar refractivity (Wildman–Crippen MR) is 59.7 cm³/mol. The molecule has 4 heteroatoms. The summed E-state index contributed by atoms with van der Waals surface area (Å²) in [6.45, 7) is 2.72. The average Bonchev–Trinajstić information content (AvgIpc) is 2.09. The van der Waals surface area contributed by atoms with Crippen LogP contribution in [0.1, 0.15) is 6.92 Å². The van der Waals surface area contributed by atoms with Gasteiger partial charge in [-0.05, 0) is 28.9 Å². The van der Waals surface area contributed by atoms with Crippen molar-refractivity contribution in [1.82, 2.24) is 4.98 Å². The molecule has 1 aromatic rings. The quantitative estimate of drug-likeness (QED) is 0.800. The van der Waals surface area contributed by atoms with Gasteiger partial charge in [0, 0.05) is 17.2 Å². The number of halogens is 1. The number of nitrogens with one attached hydrogen (secondary N) is 1. The van der Waals surface area contributed by atoms with Crippen molar-refractivity contribution >= 4 is 27.4 Å². The van der Waals surface area contributed by atoms with Gasteiger partial charge in [0.05, 0.1) is 5.69 Å². The number of rotatable bonds is 3. The number of nitrogens with zero attached hydrogens (tertiary/aromatic N) is 1. The second-order valence-electron chi connectivity index (χ2n) is 2.54. The van der Waals surface area contributed by atoms with Crippen molar-refractivity contribution in [2.45, 2.75) is 6.92 Å². The van der Waals surface area contributed by atoms with E-state index in [4.69, 9.17) is 5.73 Å². The van der Waals surface area contributed by atoms with Crippen LogP contribution >= 0.6 is 15.9 Å². The van der Waals surface area contributed by atoms with E-state index in [2.05, 4.69) is 26.2 Å². The van der Waals surface area contributed by atoms with Crippen LogP contribution in [0.25, 0.3) is 0 Å². The van der Waals surface area contributed by atoms with Crippen LogP contribution in [0.15, 0.2) is 28.9 Å². The van der Waals surface area contributed by atoms with Gasteiger partial charge in [-0.15, -0.1) is 0 Å². The summed E-state index contributed by atoms with van der Waals surface area (Å²) in [5.74, 6) is 0.723. The summed E-state index contributed by atoms with van der Waals surface area (Å²) in [5, 5.41) is 3.10. The fourth-order valence-electron chi connectivity index (χ4n) is 0.876. The van der Waals surface area contributed by atoms with Crippen LogP contribution in [-0.2, 0) is 0 Å². The summed E-state index contributed by atoms with van der Waals surface area (Å²) in [6.07, 6.45) is 5.69. The minimum atomic E-state index is 0.652. The summed E-state index contributed by atoms with van der Waals surface area (Å²) in [6, 6.07) is 1.82. The van der Waals surface area contributed by atoms with Gasteiger partial charge in [0.2, 0.25) is 0 Å². The Morgan fingerprint density at radius 1 is 1.69 bits per heavy atom. The van der Waals surface area contributed by atoms with Crippen molar-refractivity contribution in [3.05, 3.63) is 28.9 Å². The molecule has 13 heavy (non-hydrogen) atoms. The number of allylic oxidation sites excluding steroid dienone is 1. The SMILES string of the molecule is C/C=C/CNc1ncc(Br)cc1N. The highest BCUT2D eigenvalue weighted by atomic mass is 79.9. The molecule has 0 radical (unpaired) electrons. The maximum atomic E-state index is 5.72. The van der Waals surface area contributed by atoms with Gasteiger partial charge in [-0.2, -0.15) is 0 Å². The molecule has 0 atom stereocenters. The Balaban J connectivity index is 2.66. The van der Waals surface area contributed by atoms with E-state index in [1.807, 2.05) is 25.1 Å². The predicted octanol–water partition coefficient (Wildman–Crippen LogP) is 2.41. The van der Waals surface area contributed by atoms with Crippen molar-refractivity contribution in [2.75, 3.05) is 17.6 Å². The molecule has 0 amide bonds. The lowest BCUT2D eigenvalue weighted by atomic mass is 10.4. The molecule has 0 saturated heterocycles. The van der Waals surface area contributed by atoms with E-state index in [0.717, 1.165) is 16.8 Å². The van der Waals surface area contributed by atoms with Crippen molar-refractivity contribution in [3.63, 3.8) is 0 Å². The smallest absolute Gasteiger partial charge is 0.149 e. The van der Waals surface area contributed by atoms with E-state index in [-0.39, 0.29) is 0 Å². The number of nitrogens with two attached hydrogens (primary N) is 1. The highest BCUT2D eigenvalue weighted by Crippen LogP contribution is 2.19. The van der Waals surface area contributed by atoms with E-state index in [1.165, 1.54) is 0 Å². The molecule has 0 unspecified atom stereocenters. The van der Waals surface area contributed by atoms with Crippen LogP contribution in [0.4, 0.5) is 11.5 Å². The fourth-order valence-corrected chi connectivity index (χ4v) is 1.23. The molecular formula is C9H12BrN3.